The van der Waals surface area contributed by atoms with Crippen LogP contribution in [0.5, 0.6) is 0 Å². The standard InChI is InChI=1S/C16H17N3O2/c1-3-21-16(20)14-9-13-10-17-19(15(13)18-14)11(2)12-7-5-4-6-8-12/h4-11,18H,3H2,1-2H3. The fourth-order valence-corrected chi connectivity index (χ4v) is 2.41. The van der Waals surface area contributed by atoms with Crippen molar-refractivity contribution >= 4 is 17.0 Å². The van der Waals surface area contributed by atoms with Crippen molar-refractivity contribution in [3.05, 3.63) is 53.9 Å². The van der Waals surface area contributed by atoms with Crippen LogP contribution in [0.1, 0.15) is 35.9 Å². The van der Waals surface area contributed by atoms with Gasteiger partial charge in [0.25, 0.3) is 0 Å². The lowest BCUT2D eigenvalue weighted by atomic mass is 10.1. The molecule has 0 saturated heterocycles. The van der Waals surface area contributed by atoms with E-state index in [-0.39, 0.29) is 12.0 Å². The number of fused-ring (bicyclic) bond motifs is 1. The van der Waals surface area contributed by atoms with Crippen molar-refractivity contribution in [2.24, 2.45) is 0 Å². The summed E-state index contributed by atoms with van der Waals surface area (Å²) < 4.78 is 6.89. The Morgan fingerprint density at radius 3 is 2.86 bits per heavy atom. The third kappa shape index (κ3) is 2.42. The summed E-state index contributed by atoms with van der Waals surface area (Å²) >= 11 is 0. The molecule has 0 aliphatic carbocycles. The van der Waals surface area contributed by atoms with Crippen molar-refractivity contribution in [2.75, 3.05) is 6.61 Å². The normalized spacial score (nSPS) is 12.5. The Labute approximate surface area is 122 Å². The van der Waals surface area contributed by atoms with Crippen LogP contribution in [-0.2, 0) is 4.74 Å². The monoisotopic (exact) mass is 283 g/mol. The molecule has 1 unspecified atom stereocenters. The third-order valence-corrected chi connectivity index (χ3v) is 3.52. The van der Waals surface area contributed by atoms with Crippen LogP contribution >= 0.6 is 0 Å². The summed E-state index contributed by atoms with van der Waals surface area (Å²) in [7, 11) is 0. The first-order valence-electron chi connectivity index (χ1n) is 6.99. The molecule has 1 aromatic carbocycles. The molecule has 1 atom stereocenters. The van der Waals surface area contributed by atoms with E-state index in [1.165, 1.54) is 0 Å². The molecular weight excluding hydrogens is 266 g/mol. The minimum absolute atomic E-state index is 0.0809. The second-order valence-electron chi connectivity index (χ2n) is 4.88. The largest absolute Gasteiger partial charge is 0.461 e. The van der Waals surface area contributed by atoms with Crippen molar-refractivity contribution in [3.8, 4) is 0 Å². The van der Waals surface area contributed by atoms with Gasteiger partial charge in [0.05, 0.1) is 18.8 Å². The summed E-state index contributed by atoms with van der Waals surface area (Å²) in [6, 6.07) is 12.0. The van der Waals surface area contributed by atoms with E-state index in [1.54, 1.807) is 19.2 Å². The highest BCUT2D eigenvalue weighted by molar-refractivity contribution is 5.93. The summed E-state index contributed by atoms with van der Waals surface area (Å²) in [5.41, 5.74) is 2.45. The maximum absolute atomic E-state index is 11.8. The van der Waals surface area contributed by atoms with Gasteiger partial charge in [-0.05, 0) is 25.5 Å². The maximum Gasteiger partial charge on any atom is 0.354 e. The van der Waals surface area contributed by atoms with E-state index in [4.69, 9.17) is 4.74 Å². The van der Waals surface area contributed by atoms with Crippen LogP contribution in [-0.4, -0.2) is 27.3 Å². The molecule has 5 heteroatoms. The van der Waals surface area contributed by atoms with Crippen LogP contribution in [0.15, 0.2) is 42.6 Å². The van der Waals surface area contributed by atoms with Gasteiger partial charge >= 0.3 is 5.97 Å². The van der Waals surface area contributed by atoms with Gasteiger partial charge in [-0.15, -0.1) is 0 Å². The molecule has 0 amide bonds. The van der Waals surface area contributed by atoms with Gasteiger partial charge in [-0.3, -0.25) is 0 Å². The molecule has 0 aliphatic heterocycles. The molecule has 0 radical (unpaired) electrons. The number of esters is 1. The average molecular weight is 283 g/mol. The SMILES string of the molecule is CCOC(=O)c1cc2cnn(C(C)c3ccccc3)c2[nH]1. The second kappa shape index (κ2) is 5.44. The van der Waals surface area contributed by atoms with E-state index in [2.05, 4.69) is 29.1 Å². The summed E-state index contributed by atoms with van der Waals surface area (Å²) in [6.45, 7) is 4.23. The van der Waals surface area contributed by atoms with Crippen LogP contribution in [0.3, 0.4) is 0 Å². The van der Waals surface area contributed by atoms with Gasteiger partial charge in [-0.2, -0.15) is 5.10 Å². The van der Waals surface area contributed by atoms with Crippen LogP contribution in [0.25, 0.3) is 11.0 Å². The molecule has 0 fully saturated rings. The molecule has 108 valence electrons. The molecule has 2 heterocycles. The highest BCUT2D eigenvalue weighted by Gasteiger charge is 2.17. The first-order chi connectivity index (χ1) is 10.2. The summed E-state index contributed by atoms with van der Waals surface area (Å²) in [4.78, 5) is 14.9. The predicted molar refractivity (Wildman–Crippen MR) is 80.3 cm³/mol. The Bertz CT molecular complexity index is 758. The van der Waals surface area contributed by atoms with E-state index >= 15 is 0 Å². The number of ether oxygens (including phenoxy) is 1. The molecule has 0 bridgehead atoms. The number of H-pyrrole nitrogens is 1. The lowest BCUT2D eigenvalue weighted by Crippen LogP contribution is -2.09. The van der Waals surface area contributed by atoms with Gasteiger partial charge in [0.2, 0.25) is 0 Å². The minimum atomic E-state index is -0.340. The summed E-state index contributed by atoms with van der Waals surface area (Å²) in [5, 5.41) is 5.31. The Morgan fingerprint density at radius 1 is 1.38 bits per heavy atom. The number of carbonyl (C=O) groups is 1. The first kappa shape index (κ1) is 13.4. The minimum Gasteiger partial charge on any atom is -0.461 e. The summed E-state index contributed by atoms with van der Waals surface area (Å²) in [5.74, 6) is -0.340. The van der Waals surface area contributed by atoms with Crippen molar-refractivity contribution in [1.29, 1.82) is 0 Å². The molecular formula is C16H17N3O2. The van der Waals surface area contributed by atoms with E-state index in [1.807, 2.05) is 22.9 Å². The fourth-order valence-electron chi connectivity index (χ4n) is 2.41. The molecule has 0 spiro atoms. The lowest BCUT2D eigenvalue weighted by Gasteiger charge is -2.13. The number of aromatic nitrogens is 3. The lowest BCUT2D eigenvalue weighted by molar-refractivity contribution is 0.0520. The van der Waals surface area contributed by atoms with Crippen LogP contribution < -0.4 is 0 Å². The number of carbonyl (C=O) groups excluding carboxylic acids is 1. The van der Waals surface area contributed by atoms with Gasteiger partial charge in [0.1, 0.15) is 11.3 Å². The third-order valence-electron chi connectivity index (χ3n) is 3.52. The fraction of sp³-hybridized carbons (Fsp3) is 0.250. The van der Waals surface area contributed by atoms with Gasteiger partial charge in [0, 0.05) is 5.39 Å². The highest BCUT2D eigenvalue weighted by atomic mass is 16.5. The maximum atomic E-state index is 11.8. The predicted octanol–water partition coefficient (Wildman–Crippen LogP) is 3.15. The van der Waals surface area contributed by atoms with Crippen molar-refractivity contribution < 1.29 is 9.53 Å². The zero-order valence-corrected chi connectivity index (χ0v) is 12.0. The Hall–Kier alpha value is -2.56. The van der Waals surface area contributed by atoms with Gasteiger partial charge in [-0.1, -0.05) is 30.3 Å². The van der Waals surface area contributed by atoms with Gasteiger partial charge in [-0.25, -0.2) is 9.48 Å². The zero-order chi connectivity index (χ0) is 14.8. The Balaban J connectivity index is 1.98. The van der Waals surface area contributed by atoms with E-state index < -0.39 is 0 Å². The molecule has 5 nitrogen and oxygen atoms in total. The number of benzene rings is 1. The average Bonchev–Trinajstić information content (AvgIpc) is 3.08. The second-order valence-corrected chi connectivity index (χ2v) is 4.88. The quantitative estimate of drug-likeness (QED) is 0.748. The molecule has 0 saturated carbocycles. The van der Waals surface area contributed by atoms with E-state index in [9.17, 15) is 4.79 Å². The molecule has 1 N–H and O–H groups in total. The number of hydrogen-bond acceptors (Lipinski definition) is 3. The summed E-state index contributed by atoms with van der Waals surface area (Å²) in [6.07, 6.45) is 1.76. The molecule has 21 heavy (non-hydrogen) atoms. The van der Waals surface area contributed by atoms with Crippen molar-refractivity contribution in [3.63, 3.8) is 0 Å². The van der Waals surface area contributed by atoms with Gasteiger partial charge in [0.15, 0.2) is 0 Å². The first-order valence-corrected chi connectivity index (χ1v) is 6.99. The molecule has 3 rings (SSSR count). The Morgan fingerprint density at radius 2 is 2.14 bits per heavy atom. The molecule has 3 aromatic rings. The zero-order valence-electron chi connectivity index (χ0n) is 12.0. The van der Waals surface area contributed by atoms with Gasteiger partial charge < -0.3 is 9.72 Å². The van der Waals surface area contributed by atoms with Crippen LogP contribution in [0.4, 0.5) is 0 Å². The highest BCUT2D eigenvalue weighted by Crippen LogP contribution is 2.23. The van der Waals surface area contributed by atoms with E-state index in [0.717, 1.165) is 16.6 Å². The van der Waals surface area contributed by atoms with E-state index in [0.29, 0.717) is 12.3 Å². The smallest absolute Gasteiger partial charge is 0.354 e. The number of rotatable bonds is 4. The molecule has 2 aromatic heterocycles. The molecule has 0 aliphatic rings. The number of hydrogen-bond donors (Lipinski definition) is 1. The van der Waals surface area contributed by atoms with Crippen molar-refractivity contribution in [1.82, 2.24) is 14.8 Å². The van der Waals surface area contributed by atoms with Crippen LogP contribution in [0.2, 0.25) is 0 Å². The topological polar surface area (TPSA) is 59.9 Å². The van der Waals surface area contributed by atoms with Crippen LogP contribution in [0, 0.1) is 0 Å². The van der Waals surface area contributed by atoms with Crippen molar-refractivity contribution in [2.45, 2.75) is 19.9 Å². The number of aromatic amines is 1. The number of nitrogens with zero attached hydrogens (tertiary/aromatic N) is 2. The number of nitrogens with one attached hydrogen (secondary N) is 1. The Kier molecular flexibility index (Phi) is 3.48.